The number of hydrogen-bond acceptors (Lipinski definition) is 5. The normalized spacial score (nSPS) is 11.4. The quantitative estimate of drug-likeness (QED) is 0.592. The number of nitrogens with two attached hydrogens (primary N) is 1. The van der Waals surface area contributed by atoms with E-state index < -0.39 is 16.7 Å². The Morgan fingerprint density at radius 1 is 1.20 bits per heavy atom. The smallest absolute Gasteiger partial charge is 0.416 e. The van der Waals surface area contributed by atoms with Gasteiger partial charge in [0, 0.05) is 18.1 Å². The van der Waals surface area contributed by atoms with E-state index in [0.717, 1.165) is 18.2 Å². The van der Waals surface area contributed by atoms with Crippen LogP contribution < -0.4 is 10.6 Å². The van der Waals surface area contributed by atoms with Crippen LogP contribution >= 0.6 is 11.6 Å². The van der Waals surface area contributed by atoms with E-state index in [0.29, 0.717) is 5.56 Å². The number of halogens is 4. The van der Waals surface area contributed by atoms with E-state index in [1.54, 1.807) is 0 Å². The topological polar surface area (TPSA) is 87.6 Å². The largest absolute Gasteiger partial charge is 0.456 e. The van der Waals surface area contributed by atoms with Gasteiger partial charge in [-0.15, -0.1) is 0 Å². The fourth-order valence-electron chi connectivity index (χ4n) is 2.06. The molecule has 0 aliphatic rings. The molecule has 2 N–H and O–H groups in total. The number of nitrogens with zero attached hydrogens (tertiary/aromatic N) is 1. The van der Waals surface area contributed by atoms with Crippen LogP contribution in [0.1, 0.15) is 11.1 Å². The molecule has 0 aromatic heterocycles. The minimum atomic E-state index is -4.52. The SMILES string of the molecule is NOCCc1cc(Oc2ccc(C(F)(F)F)cc2Cl)ccc1[N+](=O)[O-]. The zero-order valence-corrected chi connectivity index (χ0v) is 13.3. The molecule has 0 saturated carbocycles. The van der Waals surface area contributed by atoms with E-state index in [4.69, 9.17) is 22.2 Å². The van der Waals surface area contributed by atoms with Crippen LogP contribution in [0.5, 0.6) is 11.5 Å². The summed E-state index contributed by atoms with van der Waals surface area (Å²) in [6, 6.07) is 6.57. The molecule has 2 aromatic rings. The van der Waals surface area contributed by atoms with Gasteiger partial charge >= 0.3 is 6.18 Å². The van der Waals surface area contributed by atoms with Crippen LogP contribution in [0, 0.1) is 10.1 Å². The fourth-order valence-corrected chi connectivity index (χ4v) is 2.28. The zero-order chi connectivity index (χ0) is 18.6. The highest BCUT2D eigenvalue weighted by molar-refractivity contribution is 6.32. The van der Waals surface area contributed by atoms with Crippen molar-refractivity contribution in [1.82, 2.24) is 0 Å². The highest BCUT2D eigenvalue weighted by Crippen LogP contribution is 2.37. The lowest BCUT2D eigenvalue weighted by atomic mass is 10.1. The maximum atomic E-state index is 12.6. The van der Waals surface area contributed by atoms with E-state index in [1.165, 1.54) is 18.2 Å². The summed E-state index contributed by atoms with van der Waals surface area (Å²) in [4.78, 5) is 14.8. The number of rotatable bonds is 6. The van der Waals surface area contributed by atoms with Crippen LogP contribution in [0.3, 0.4) is 0 Å². The van der Waals surface area contributed by atoms with E-state index in [-0.39, 0.29) is 35.2 Å². The van der Waals surface area contributed by atoms with Gasteiger partial charge < -0.3 is 9.57 Å². The molecule has 134 valence electrons. The van der Waals surface area contributed by atoms with Crippen LogP contribution in [-0.2, 0) is 17.4 Å². The van der Waals surface area contributed by atoms with Crippen LogP contribution in [0.4, 0.5) is 18.9 Å². The maximum Gasteiger partial charge on any atom is 0.416 e. The standard InChI is InChI=1S/C15H12ClF3N2O4/c16-12-8-10(15(17,18)19)1-4-14(12)25-11-2-3-13(21(22)23)9(7-11)5-6-24-20/h1-4,7-8H,5-6,20H2. The second-order valence-electron chi connectivity index (χ2n) is 4.91. The van der Waals surface area contributed by atoms with Crippen LogP contribution in [0.2, 0.25) is 5.02 Å². The summed E-state index contributed by atoms with van der Waals surface area (Å²) in [6.07, 6.45) is -4.37. The fraction of sp³-hybridized carbons (Fsp3) is 0.200. The Labute approximate surface area is 145 Å². The van der Waals surface area contributed by atoms with Crippen molar-refractivity contribution < 1.29 is 27.7 Å². The molecule has 2 rings (SSSR count). The van der Waals surface area contributed by atoms with Crippen molar-refractivity contribution in [1.29, 1.82) is 0 Å². The molecular weight excluding hydrogens is 365 g/mol. The molecule has 0 aliphatic heterocycles. The van der Waals surface area contributed by atoms with Gasteiger partial charge in [0.25, 0.3) is 5.69 Å². The molecule has 6 nitrogen and oxygen atoms in total. The van der Waals surface area contributed by atoms with Gasteiger partial charge in [-0.2, -0.15) is 13.2 Å². The van der Waals surface area contributed by atoms with Crippen molar-refractivity contribution in [2.45, 2.75) is 12.6 Å². The summed E-state index contributed by atoms with van der Waals surface area (Å²) in [5.74, 6) is 5.09. The minimum absolute atomic E-state index is 0.00968. The Morgan fingerprint density at radius 3 is 2.48 bits per heavy atom. The molecule has 10 heteroatoms. The van der Waals surface area contributed by atoms with Gasteiger partial charge in [-0.25, -0.2) is 5.90 Å². The molecule has 0 spiro atoms. The lowest BCUT2D eigenvalue weighted by Crippen LogP contribution is -2.06. The molecule has 0 amide bonds. The molecule has 0 unspecified atom stereocenters. The molecule has 0 saturated heterocycles. The summed E-state index contributed by atoms with van der Waals surface area (Å²) in [5.41, 5.74) is -0.756. The van der Waals surface area contributed by atoms with E-state index in [1.807, 2.05) is 0 Å². The third kappa shape index (κ3) is 4.81. The average Bonchev–Trinajstić information content (AvgIpc) is 2.53. The Morgan fingerprint density at radius 2 is 1.92 bits per heavy atom. The minimum Gasteiger partial charge on any atom is -0.456 e. The van der Waals surface area contributed by atoms with Crippen molar-refractivity contribution >= 4 is 17.3 Å². The molecule has 0 heterocycles. The third-order valence-corrected chi connectivity index (χ3v) is 3.52. The second-order valence-corrected chi connectivity index (χ2v) is 5.32. The van der Waals surface area contributed by atoms with Crippen molar-refractivity contribution in [3.05, 3.63) is 62.7 Å². The zero-order valence-electron chi connectivity index (χ0n) is 12.5. The number of ether oxygens (including phenoxy) is 1. The van der Waals surface area contributed by atoms with E-state index in [2.05, 4.69) is 4.84 Å². The highest BCUT2D eigenvalue weighted by atomic mass is 35.5. The van der Waals surface area contributed by atoms with Crippen molar-refractivity contribution in [3.8, 4) is 11.5 Å². The van der Waals surface area contributed by atoms with Crippen LogP contribution in [-0.4, -0.2) is 11.5 Å². The van der Waals surface area contributed by atoms with Crippen LogP contribution in [0.15, 0.2) is 36.4 Å². The summed E-state index contributed by atoms with van der Waals surface area (Å²) < 4.78 is 43.3. The number of hydrogen-bond donors (Lipinski definition) is 1. The van der Waals surface area contributed by atoms with Crippen molar-refractivity contribution in [2.75, 3.05) is 6.61 Å². The molecule has 0 aliphatic carbocycles. The number of benzene rings is 2. The first-order valence-corrected chi connectivity index (χ1v) is 7.23. The molecule has 2 aromatic carbocycles. The Balaban J connectivity index is 2.29. The average molecular weight is 377 g/mol. The van der Waals surface area contributed by atoms with Gasteiger partial charge in [0.1, 0.15) is 11.5 Å². The van der Waals surface area contributed by atoms with Gasteiger partial charge in [0.05, 0.1) is 22.1 Å². The molecule has 0 radical (unpaired) electrons. The predicted molar refractivity (Wildman–Crippen MR) is 83.5 cm³/mol. The maximum absolute atomic E-state index is 12.6. The van der Waals surface area contributed by atoms with E-state index in [9.17, 15) is 23.3 Å². The number of nitro groups is 1. The third-order valence-electron chi connectivity index (χ3n) is 3.22. The van der Waals surface area contributed by atoms with Gasteiger partial charge in [-0.05, 0) is 30.3 Å². The van der Waals surface area contributed by atoms with E-state index >= 15 is 0 Å². The lowest BCUT2D eigenvalue weighted by Gasteiger charge is -2.12. The number of nitro benzene ring substituents is 1. The number of alkyl halides is 3. The van der Waals surface area contributed by atoms with Crippen molar-refractivity contribution in [3.63, 3.8) is 0 Å². The lowest BCUT2D eigenvalue weighted by molar-refractivity contribution is -0.385. The first-order chi connectivity index (χ1) is 11.7. The summed E-state index contributed by atoms with van der Waals surface area (Å²) in [6.45, 7) is 0.0470. The summed E-state index contributed by atoms with van der Waals surface area (Å²) in [7, 11) is 0. The van der Waals surface area contributed by atoms with Crippen LogP contribution in [0.25, 0.3) is 0 Å². The molecule has 0 bridgehead atoms. The monoisotopic (exact) mass is 376 g/mol. The molecule has 0 fully saturated rings. The van der Waals surface area contributed by atoms with Gasteiger partial charge in [0.15, 0.2) is 0 Å². The van der Waals surface area contributed by atoms with Gasteiger partial charge in [0.2, 0.25) is 0 Å². The molecule has 25 heavy (non-hydrogen) atoms. The second kappa shape index (κ2) is 7.68. The van der Waals surface area contributed by atoms with Gasteiger partial charge in [-0.1, -0.05) is 11.6 Å². The molecule has 0 atom stereocenters. The summed E-state index contributed by atoms with van der Waals surface area (Å²) in [5, 5.41) is 10.8. The Bertz CT molecular complexity index is 784. The first-order valence-electron chi connectivity index (χ1n) is 6.86. The predicted octanol–water partition coefficient (Wildman–Crippen LogP) is 4.49. The molecular formula is C15H12ClF3N2O4. The summed E-state index contributed by atoms with van der Waals surface area (Å²) >= 11 is 5.82. The van der Waals surface area contributed by atoms with Crippen molar-refractivity contribution in [2.24, 2.45) is 5.90 Å². The van der Waals surface area contributed by atoms with Gasteiger partial charge in [-0.3, -0.25) is 10.1 Å². The first kappa shape index (κ1) is 19.0. The highest BCUT2D eigenvalue weighted by Gasteiger charge is 2.31. The Hall–Kier alpha value is -2.36. The Kier molecular flexibility index (Phi) is 5.83.